The molecule has 0 fully saturated rings. The van der Waals surface area contributed by atoms with Gasteiger partial charge in [0.1, 0.15) is 34.3 Å². The van der Waals surface area contributed by atoms with E-state index in [1.54, 1.807) is 6.07 Å². The summed E-state index contributed by atoms with van der Waals surface area (Å²) < 4.78 is 11.3. The number of ketones is 2. The Labute approximate surface area is 244 Å². The van der Waals surface area contributed by atoms with Gasteiger partial charge in [-0.15, -0.1) is 0 Å². The first-order valence-electron chi connectivity index (χ1n) is 13.6. The van der Waals surface area contributed by atoms with Gasteiger partial charge in [0.05, 0.1) is 23.8 Å². The average molecular weight is 580 g/mol. The van der Waals surface area contributed by atoms with Gasteiger partial charge >= 0.3 is 5.97 Å². The third-order valence-electron chi connectivity index (χ3n) is 8.63. The Morgan fingerprint density at radius 1 is 0.814 bits per heavy atom. The third kappa shape index (κ3) is 3.43. The van der Waals surface area contributed by atoms with Crippen molar-refractivity contribution in [3.8, 4) is 39.9 Å². The standard InChI is InChI=1S/C33H25NO9/c1-12-6-4-5-7-18(12)34-32-17-10-14-8-9-15-21(20(14)28(38)23(17)33(41)43-32)29(39)24-25(31(15)42-3)30(40)22-16(27(24)37)11-19(35)13(2)26(22)36/h4-7,10-11,32,34-36,38-39H,8-9H2,1-3H3. The average Bonchev–Trinajstić information content (AvgIpc) is 3.29. The van der Waals surface area contributed by atoms with E-state index in [0.29, 0.717) is 23.1 Å². The highest BCUT2D eigenvalue weighted by molar-refractivity contribution is 6.32. The molecule has 0 spiro atoms. The zero-order chi connectivity index (χ0) is 30.5. The summed E-state index contributed by atoms with van der Waals surface area (Å²) in [6, 6.07) is 10.3. The number of hydrogen-bond acceptors (Lipinski definition) is 10. The van der Waals surface area contributed by atoms with E-state index in [4.69, 9.17) is 9.47 Å². The van der Waals surface area contributed by atoms with Crippen LogP contribution in [0.4, 0.5) is 5.69 Å². The molecule has 1 atom stereocenters. The van der Waals surface area contributed by atoms with Gasteiger partial charge in [0, 0.05) is 39.1 Å². The largest absolute Gasteiger partial charge is 0.508 e. The highest BCUT2D eigenvalue weighted by Crippen LogP contribution is 2.55. The predicted molar refractivity (Wildman–Crippen MR) is 153 cm³/mol. The Balaban J connectivity index is 1.45. The second-order valence-electron chi connectivity index (χ2n) is 10.9. The number of carbonyl (C=O) groups is 3. The highest BCUT2D eigenvalue weighted by atomic mass is 16.6. The lowest BCUT2D eigenvalue weighted by Crippen LogP contribution is -2.24. The normalized spacial score (nSPS) is 16.1. The number of phenolic OH excluding ortho intramolecular Hbond substituents is 4. The minimum absolute atomic E-state index is 0.0177. The van der Waals surface area contributed by atoms with Crippen LogP contribution in [-0.2, 0) is 17.6 Å². The Kier molecular flexibility index (Phi) is 5.52. The second-order valence-corrected chi connectivity index (χ2v) is 10.9. The van der Waals surface area contributed by atoms with Crippen LogP contribution in [0.1, 0.15) is 76.2 Å². The van der Waals surface area contributed by atoms with Crippen LogP contribution < -0.4 is 10.1 Å². The number of methoxy groups -OCH3 is 1. The number of aryl methyl sites for hydroxylation is 2. The Bertz CT molecular complexity index is 1990. The Hall–Kier alpha value is -5.51. The van der Waals surface area contributed by atoms with Gasteiger partial charge in [-0.1, -0.05) is 18.2 Å². The molecule has 0 aromatic heterocycles. The van der Waals surface area contributed by atoms with Gasteiger partial charge in [0.2, 0.25) is 12.0 Å². The zero-order valence-corrected chi connectivity index (χ0v) is 23.3. The van der Waals surface area contributed by atoms with E-state index in [1.807, 2.05) is 31.2 Å². The van der Waals surface area contributed by atoms with E-state index in [9.17, 15) is 34.8 Å². The molecule has 3 aliphatic rings. The van der Waals surface area contributed by atoms with Crippen LogP contribution in [-0.4, -0.2) is 45.1 Å². The number of cyclic esters (lactones) is 1. The van der Waals surface area contributed by atoms with Crippen LogP contribution in [0, 0.1) is 13.8 Å². The molecule has 1 heterocycles. The molecule has 0 saturated carbocycles. The molecule has 10 heteroatoms. The number of esters is 1. The van der Waals surface area contributed by atoms with Crippen LogP contribution in [0.5, 0.6) is 28.7 Å². The fourth-order valence-corrected chi connectivity index (χ4v) is 6.47. The van der Waals surface area contributed by atoms with Gasteiger partial charge in [-0.25, -0.2) is 4.79 Å². The van der Waals surface area contributed by atoms with Gasteiger partial charge in [-0.3, -0.25) is 9.59 Å². The summed E-state index contributed by atoms with van der Waals surface area (Å²) in [6.45, 7) is 3.32. The summed E-state index contributed by atoms with van der Waals surface area (Å²) in [4.78, 5) is 40.6. The number of fused-ring (bicyclic) bond motifs is 6. The molecule has 43 heavy (non-hydrogen) atoms. The summed E-state index contributed by atoms with van der Waals surface area (Å²) in [5.74, 6) is -4.25. The molecule has 1 aliphatic heterocycles. The van der Waals surface area contributed by atoms with Crippen molar-refractivity contribution in [1.82, 2.24) is 0 Å². The maximum atomic E-state index is 13.8. The monoisotopic (exact) mass is 579 g/mol. The van der Waals surface area contributed by atoms with Crippen molar-refractivity contribution in [2.24, 2.45) is 0 Å². The molecule has 4 aromatic carbocycles. The maximum absolute atomic E-state index is 13.8. The van der Waals surface area contributed by atoms with Crippen molar-refractivity contribution in [1.29, 1.82) is 0 Å². The number of aromatic hydroxyl groups is 4. The Morgan fingerprint density at radius 3 is 2.26 bits per heavy atom. The number of para-hydroxylation sites is 1. The fraction of sp³-hybridized carbons (Fsp3) is 0.182. The van der Waals surface area contributed by atoms with Crippen molar-refractivity contribution >= 4 is 23.2 Å². The summed E-state index contributed by atoms with van der Waals surface area (Å²) in [7, 11) is 1.32. The van der Waals surface area contributed by atoms with Crippen LogP contribution >= 0.6 is 0 Å². The molecule has 0 saturated heterocycles. The number of anilines is 1. The molecule has 5 N–H and O–H groups in total. The molecule has 1 unspecified atom stereocenters. The molecule has 10 nitrogen and oxygen atoms in total. The highest BCUT2D eigenvalue weighted by Gasteiger charge is 2.44. The lowest BCUT2D eigenvalue weighted by molar-refractivity contribution is 0.0435. The molecule has 0 radical (unpaired) electrons. The van der Waals surface area contributed by atoms with Gasteiger partial charge < -0.3 is 35.2 Å². The Morgan fingerprint density at radius 2 is 1.53 bits per heavy atom. The number of nitrogens with one attached hydrogen (secondary N) is 1. The van der Waals surface area contributed by atoms with Crippen molar-refractivity contribution in [2.45, 2.75) is 32.9 Å². The van der Waals surface area contributed by atoms with E-state index >= 15 is 0 Å². The zero-order valence-electron chi connectivity index (χ0n) is 23.3. The van der Waals surface area contributed by atoms with Crippen molar-refractivity contribution in [3.05, 3.63) is 92.0 Å². The summed E-state index contributed by atoms with van der Waals surface area (Å²) in [6.07, 6.45) is -0.253. The van der Waals surface area contributed by atoms with Crippen molar-refractivity contribution in [2.75, 3.05) is 12.4 Å². The molecule has 4 aromatic rings. The topological polar surface area (TPSA) is 163 Å². The van der Waals surface area contributed by atoms with Crippen LogP contribution in [0.3, 0.4) is 0 Å². The van der Waals surface area contributed by atoms with E-state index in [2.05, 4.69) is 5.32 Å². The fourth-order valence-electron chi connectivity index (χ4n) is 6.47. The predicted octanol–water partition coefficient (Wildman–Crippen LogP) is 4.96. The SMILES string of the molecule is COc1c2c(c(O)c3c1C(=O)c1c(cc(O)c(C)c1O)C3=O)-c1c(cc3c(c1O)C(=O)OC3Nc1ccccc1C)CC2. The first-order chi connectivity index (χ1) is 20.5. The number of hydrogen-bond donors (Lipinski definition) is 5. The first-order valence-corrected chi connectivity index (χ1v) is 13.6. The lowest BCUT2D eigenvalue weighted by atomic mass is 9.75. The molecule has 0 bridgehead atoms. The molecule has 2 aliphatic carbocycles. The van der Waals surface area contributed by atoms with E-state index < -0.39 is 46.8 Å². The maximum Gasteiger partial charge on any atom is 0.344 e. The van der Waals surface area contributed by atoms with Gasteiger partial charge in [0.15, 0.2) is 5.78 Å². The molecular weight excluding hydrogens is 554 g/mol. The number of benzene rings is 4. The molecular formula is C33H25NO9. The van der Waals surface area contributed by atoms with Crippen LogP contribution in [0.25, 0.3) is 11.1 Å². The minimum Gasteiger partial charge on any atom is -0.508 e. The van der Waals surface area contributed by atoms with E-state index in [-0.39, 0.29) is 56.7 Å². The first kappa shape index (κ1) is 26.4. The lowest BCUT2D eigenvalue weighted by Gasteiger charge is -2.30. The molecule has 216 valence electrons. The van der Waals surface area contributed by atoms with Crippen molar-refractivity contribution in [3.63, 3.8) is 0 Å². The number of rotatable bonds is 3. The quantitative estimate of drug-likeness (QED) is 0.185. The van der Waals surface area contributed by atoms with E-state index in [0.717, 1.165) is 17.3 Å². The van der Waals surface area contributed by atoms with Crippen LogP contribution in [0.2, 0.25) is 0 Å². The molecule has 0 amide bonds. The van der Waals surface area contributed by atoms with Crippen LogP contribution in [0.15, 0.2) is 36.4 Å². The number of phenols is 4. The van der Waals surface area contributed by atoms with Gasteiger partial charge in [-0.05, 0) is 56.0 Å². The number of carbonyl (C=O) groups excluding carboxylic acids is 3. The van der Waals surface area contributed by atoms with Gasteiger partial charge in [0.25, 0.3) is 0 Å². The summed E-state index contributed by atoms with van der Waals surface area (Å²) in [5, 5.41) is 47.5. The summed E-state index contributed by atoms with van der Waals surface area (Å²) >= 11 is 0. The summed E-state index contributed by atoms with van der Waals surface area (Å²) in [5.41, 5.74) is 2.04. The van der Waals surface area contributed by atoms with Gasteiger partial charge in [-0.2, -0.15) is 0 Å². The minimum atomic E-state index is -0.868. The number of ether oxygens (including phenoxy) is 2. The third-order valence-corrected chi connectivity index (χ3v) is 8.63. The smallest absolute Gasteiger partial charge is 0.344 e. The molecule has 7 rings (SSSR count). The second kappa shape index (κ2) is 8.99. The van der Waals surface area contributed by atoms with Crippen molar-refractivity contribution < 1.29 is 44.3 Å². The van der Waals surface area contributed by atoms with E-state index in [1.165, 1.54) is 14.0 Å².